The van der Waals surface area contributed by atoms with Crippen molar-refractivity contribution in [3.8, 4) is 11.1 Å². The number of benzene rings is 1. The molecule has 8 heteroatoms. The van der Waals surface area contributed by atoms with Gasteiger partial charge in [0, 0.05) is 42.0 Å². The van der Waals surface area contributed by atoms with Crippen LogP contribution in [0.1, 0.15) is 37.0 Å². The highest BCUT2D eigenvalue weighted by molar-refractivity contribution is 6.33. The lowest BCUT2D eigenvalue weighted by Crippen LogP contribution is -2.38. The smallest absolute Gasteiger partial charge is 0.343 e. The summed E-state index contributed by atoms with van der Waals surface area (Å²) in [6.45, 7) is 6.45. The lowest BCUT2D eigenvalue weighted by Gasteiger charge is -2.34. The van der Waals surface area contributed by atoms with Gasteiger partial charge in [-0.3, -0.25) is 0 Å². The van der Waals surface area contributed by atoms with Crippen molar-refractivity contribution in [1.29, 1.82) is 0 Å². The van der Waals surface area contributed by atoms with Crippen LogP contribution < -0.4 is 4.90 Å². The third-order valence-electron chi connectivity index (χ3n) is 5.30. The van der Waals surface area contributed by atoms with Crippen molar-refractivity contribution in [1.82, 2.24) is 14.6 Å². The summed E-state index contributed by atoms with van der Waals surface area (Å²) in [5, 5.41) is 5.15. The molecule has 1 aromatic carbocycles. The first kappa shape index (κ1) is 20.6. The van der Waals surface area contributed by atoms with Crippen LogP contribution in [0.25, 0.3) is 16.8 Å². The maximum atomic E-state index is 12.4. The molecule has 1 aliphatic heterocycles. The predicted molar refractivity (Wildman–Crippen MR) is 116 cm³/mol. The number of halogens is 1. The van der Waals surface area contributed by atoms with E-state index in [2.05, 4.69) is 15.0 Å². The van der Waals surface area contributed by atoms with E-state index in [9.17, 15) is 4.79 Å². The van der Waals surface area contributed by atoms with E-state index in [0.29, 0.717) is 22.8 Å². The maximum Gasteiger partial charge on any atom is 0.343 e. The number of rotatable bonds is 6. The summed E-state index contributed by atoms with van der Waals surface area (Å²) in [6.07, 6.45) is 5.40. The number of ether oxygens (including phenoxy) is 2. The van der Waals surface area contributed by atoms with Crippen molar-refractivity contribution < 1.29 is 14.3 Å². The Kier molecular flexibility index (Phi) is 6.20. The molecule has 3 heterocycles. The second-order valence-corrected chi connectivity index (χ2v) is 7.54. The molecular weight excluding hydrogens is 404 g/mol. The van der Waals surface area contributed by atoms with E-state index in [0.717, 1.165) is 49.5 Å². The minimum atomic E-state index is -0.425. The standard InChI is InChI=1S/C22H25ClN4O3/c1-3-29-15-9-11-26(12-10-15)21-17(16-7-5-6-8-19(16)23)13-24-20-18(14-25-27(20)21)22(28)30-4-2/h5-8,13-15H,3-4,9-12H2,1-2H3. The molecule has 0 unspecified atom stereocenters. The van der Waals surface area contributed by atoms with Crippen LogP contribution in [0, 0.1) is 0 Å². The number of nitrogens with zero attached hydrogens (tertiary/aromatic N) is 4. The molecule has 3 aromatic rings. The number of piperidine rings is 1. The van der Waals surface area contributed by atoms with E-state index in [1.807, 2.05) is 31.2 Å². The van der Waals surface area contributed by atoms with Crippen LogP contribution in [0.4, 0.5) is 5.82 Å². The summed E-state index contributed by atoms with van der Waals surface area (Å²) in [4.78, 5) is 19.2. The maximum absolute atomic E-state index is 12.4. The Morgan fingerprint density at radius 1 is 1.13 bits per heavy atom. The first-order valence-corrected chi connectivity index (χ1v) is 10.7. The van der Waals surface area contributed by atoms with Gasteiger partial charge in [-0.2, -0.15) is 9.61 Å². The zero-order valence-corrected chi connectivity index (χ0v) is 17.9. The number of fused-ring (bicyclic) bond motifs is 1. The Balaban J connectivity index is 1.82. The molecule has 0 bridgehead atoms. The summed E-state index contributed by atoms with van der Waals surface area (Å²) >= 11 is 6.51. The van der Waals surface area contributed by atoms with Gasteiger partial charge in [-0.1, -0.05) is 29.8 Å². The molecule has 0 saturated carbocycles. The van der Waals surface area contributed by atoms with Crippen molar-refractivity contribution in [2.75, 3.05) is 31.2 Å². The van der Waals surface area contributed by atoms with E-state index >= 15 is 0 Å². The summed E-state index contributed by atoms with van der Waals surface area (Å²) in [5.41, 5.74) is 2.59. The molecule has 0 atom stereocenters. The second kappa shape index (κ2) is 9.02. The minimum Gasteiger partial charge on any atom is -0.462 e. The van der Waals surface area contributed by atoms with Gasteiger partial charge >= 0.3 is 5.97 Å². The molecule has 2 aromatic heterocycles. The van der Waals surface area contributed by atoms with Crippen LogP contribution in [0.15, 0.2) is 36.7 Å². The second-order valence-electron chi connectivity index (χ2n) is 7.13. The van der Waals surface area contributed by atoms with Crippen LogP contribution in [0.3, 0.4) is 0 Å². The largest absolute Gasteiger partial charge is 0.462 e. The molecule has 0 N–H and O–H groups in total. The molecule has 0 spiro atoms. The minimum absolute atomic E-state index is 0.264. The fourth-order valence-corrected chi connectivity index (χ4v) is 4.15. The molecule has 7 nitrogen and oxygen atoms in total. The first-order chi connectivity index (χ1) is 14.6. The summed E-state index contributed by atoms with van der Waals surface area (Å²) in [5.74, 6) is 0.449. The van der Waals surface area contributed by atoms with Crippen molar-refractivity contribution in [2.45, 2.75) is 32.8 Å². The van der Waals surface area contributed by atoms with Crippen LogP contribution in [0.2, 0.25) is 5.02 Å². The van der Waals surface area contributed by atoms with Gasteiger partial charge in [0.05, 0.1) is 18.9 Å². The average Bonchev–Trinajstić information content (AvgIpc) is 3.19. The summed E-state index contributed by atoms with van der Waals surface area (Å²) in [6, 6.07) is 7.68. The van der Waals surface area contributed by atoms with Crippen molar-refractivity contribution in [3.63, 3.8) is 0 Å². The third kappa shape index (κ3) is 3.87. The zero-order chi connectivity index (χ0) is 21.1. The van der Waals surface area contributed by atoms with Gasteiger partial charge in [0.25, 0.3) is 0 Å². The van der Waals surface area contributed by atoms with Crippen molar-refractivity contribution >= 4 is 29.0 Å². The van der Waals surface area contributed by atoms with Gasteiger partial charge in [0.15, 0.2) is 5.65 Å². The number of carbonyl (C=O) groups excluding carboxylic acids is 1. The van der Waals surface area contributed by atoms with Gasteiger partial charge < -0.3 is 14.4 Å². The molecule has 1 saturated heterocycles. The number of hydrogen-bond acceptors (Lipinski definition) is 6. The Bertz CT molecular complexity index is 1040. The fraction of sp³-hybridized carbons (Fsp3) is 0.409. The fourth-order valence-electron chi connectivity index (χ4n) is 3.92. The topological polar surface area (TPSA) is 69.0 Å². The SMILES string of the molecule is CCOC(=O)c1cnn2c(N3CCC(OCC)CC3)c(-c3ccccc3Cl)cnc12. The van der Waals surface area contributed by atoms with Crippen molar-refractivity contribution in [2.24, 2.45) is 0 Å². The van der Waals surface area contributed by atoms with Gasteiger partial charge in [-0.05, 0) is 32.8 Å². The molecule has 0 radical (unpaired) electrons. The molecule has 1 fully saturated rings. The molecule has 0 aliphatic carbocycles. The average molecular weight is 429 g/mol. The van der Waals surface area contributed by atoms with Crippen LogP contribution in [-0.2, 0) is 9.47 Å². The van der Waals surface area contributed by atoms with Crippen LogP contribution in [-0.4, -0.2) is 53.0 Å². The molecular formula is C22H25ClN4O3. The molecule has 0 amide bonds. The van der Waals surface area contributed by atoms with E-state index in [4.69, 9.17) is 21.1 Å². The van der Waals surface area contributed by atoms with Crippen molar-refractivity contribution in [3.05, 3.63) is 47.2 Å². The predicted octanol–water partition coefficient (Wildman–Crippen LogP) is 4.23. The van der Waals surface area contributed by atoms with E-state index < -0.39 is 5.97 Å². The number of aromatic nitrogens is 3. The lowest BCUT2D eigenvalue weighted by atomic mass is 10.0. The summed E-state index contributed by atoms with van der Waals surface area (Å²) < 4.78 is 12.7. The molecule has 30 heavy (non-hydrogen) atoms. The van der Waals surface area contributed by atoms with Gasteiger partial charge in [0.1, 0.15) is 11.4 Å². The highest BCUT2D eigenvalue weighted by atomic mass is 35.5. The Hall–Kier alpha value is -2.64. The highest BCUT2D eigenvalue weighted by Crippen LogP contribution is 2.36. The van der Waals surface area contributed by atoms with E-state index in [1.165, 1.54) is 6.20 Å². The van der Waals surface area contributed by atoms with E-state index in [-0.39, 0.29) is 6.10 Å². The van der Waals surface area contributed by atoms with Gasteiger partial charge in [0.2, 0.25) is 0 Å². The van der Waals surface area contributed by atoms with Gasteiger partial charge in [-0.25, -0.2) is 9.78 Å². The normalized spacial score (nSPS) is 15.0. The summed E-state index contributed by atoms with van der Waals surface area (Å²) in [7, 11) is 0. The lowest BCUT2D eigenvalue weighted by molar-refractivity contribution is 0.0458. The Labute approximate surface area is 180 Å². The Morgan fingerprint density at radius 3 is 2.60 bits per heavy atom. The van der Waals surface area contributed by atoms with E-state index in [1.54, 1.807) is 17.6 Å². The van der Waals surface area contributed by atoms with Crippen LogP contribution in [0.5, 0.6) is 0 Å². The monoisotopic (exact) mass is 428 g/mol. The first-order valence-electron chi connectivity index (χ1n) is 10.3. The number of carbonyl (C=O) groups is 1. The number of hydrogen-bond donors (Lipinski definition) is 0. The van der Waals surface area contributed by atoms with Crippen LogP contribution >= 0.6 is 11.6 Å². The quantitative estimate of drug-likeness (QED) is 0.547. The number of esters is 1. The number of anilines is 1. The Morgan fingerprint density at radius 2 is 1.90 bits per heavy atom. The molecule has 158 valence electrons. The molecule has 1 aliphatic rings. The highest BCUT2D eigenvalue weighted by Gasteiger charge is 2.27. The third-order valence-corrected chi connectivity index (χ3v) is 5.63. The zero-order valence-electron chi connectivity index (χ0n) is 17.2. The molecule has 4 rings (SSSR count). The van der Waals surface area contributed by atoms with Gasteiger partial charge in [-0.15, -0.1) is 0 Å².